The molecule has 2 aliphatic carbocycles. The molecule has 0 spiro atoms. The minimum Gasteiger partial charge on any atom is -0.414 e. The number of fused-ring (bicyclic) bond motifs is 1. The molecular weight excluding hydrogens is 242 g/mol. The Labute approximate surface area is 112 Å². The van der Waals surface area contributed by atoms with Crippen LogP contribution in [0.15, 0.2) is 14.0 Å². The van der Waals surface area contributed by atoms with Crippen molar-refractivity contribution in [2.75, 3.05) is 0 Å². The normalized spacial score (nSPS) is 20.8. The van der Waals surface area contributed by atoms with E-state index in [9.17, 15) is 9.59 Å². The smallest absolute Gasteiger partial charge is 0.414 e. The highest BCUT2D eigenvalue weighted by atomic mass is 16.4. The van der Waals surface area contributed by atoms with Crippen LogP contribution in [0.1, 0.15) is 68.7 Å². The van der Waals surface area contributed by atoms with Crippen LogP contribution >= 0.6 is 0 Å². The van der Waals surface area contributed by atoms with Crippen LogP contribution in [0.3, 0.4) is 0 Å². The Morgan fingerprint density at radius 3 is 2.32 bits per heavy atom. The van der Waals surface area contributed by atoms with Crippen LogP contribution in [0.2, 0.25) is 0 Å². The van der Waals surface area contributed by atoms with Gasteiger partial charge in [0.05, 0.1) is 5.56 Å². The Morgan fingerprint density at radius 1 is 0.895 bits per heavy atom. The van der Waals surface area contributed by atoms with Crippen molar-refractivity contribution in [3.05, 3.63) is 32.2 Å². The molecule has 1 heterocycles. The summed E-state index contributed by atoms with van der Waals surface area (Å²) in [4.78, 5) is 24.6. The van der Waals surface area contributed by atoms with Crippen LogP contribution in [0.5, 0.6) is 0 Å². The molecule has 3 rings (SSSR count). The van der Waals surface area contributed by atoms with Crippen molar-refractivity contribution in [2.45, 2.75) is 70.3 Å². The number of rotatable bonds is 1. The van der Waals surface area contributed by atoms with Crippen LogP contribution in [0.25, 0.3) is 0 Å². The Bertz CT molecular complexity index is 562. The van der Waals surface area contributed by atoms with Crippen LogP contribution in [0.4, 0.5) is 0 Å². The fourth-order valence-corrected chi connectivity index (χ4v) is 3.45. The number of aryl methyl sites for hydroxylation is 1. The molecule has 0 bridgehead atoms. The third-order valence-corrected chi connectivity index (χ3v) is 4.49. The number of hydrogen-bond donors (Lipinski definition) is 0. The maximum absolute atomic E-state index is 12.5. The highest BCUT2D eigenvalue weighted by molar-refractivity contribution is 5.19. The second kappa shape index (κ2) is 5.35. The van der Waals surface area contributed by atoms with Gasteiger partial charge in [-0.15, -0.1) is 0 Å². The fourth-order valence-electron chi connectivity index (χ4n) is 3.45. The van der Waals surface area contributed by atoms with Gasteiger partial charge in [-0.05, 0) is 25.7 Å². The summed E-state index contributed by atoms with van der Waals surface area (Å²) >= 11 is 0. The molecule has 2 aliphatic rings. The topological polar surface area (TPSA) is 52.2 Å². The lowest BCUT2D eigenvalue weighted by Gasteiger charge is -2.21. The lowest BCUT2D eigenvalue weighted by Crippen LogP contribution is -2.38. The van der Waals surface area contributed by atoms with E-state index in [1.807, 2.05) is 0 Å². The van der Waals surface area contributed by atoms with Crippen molar-refractivity contribution in [3.8, 4) is 0 Å². The number of nitrogens with zero attached hydrogens (tertiary/aromatic N) is 1. The van der Waals surface area contributed by atoms with E-state index in [1.165, 1.54) is 23.8 Å². The first kappa shape index (κ1) is 12.7. The van der Waals surface area contributed by atoms with E-state index in [0.29, 0.717) is 5.76 Å². The van der Waals surface area contributed by atoms with Crippen molar-refractivity contribution in [3.63, 3.8) is 0 Å². The van der Waals surface area contributed by atoms with E-state index in [2.05, 4.69) is 0 Å². The van der Waals surface area contributed by atoms with Gasteiger partial charge >= 0.3 is 5.76 Å². The van der Waals surface area contributed by atoms with Crippen LogP contribution in [-0.2, 0) is 12.8 Å². The van der Waals surface area contributed by atoms with Gasteiger partial charge in [0.1, 0.15) is 5.76 Å². The molecule has 0 N–H and O–H groups in total. The zero-order valence-corrected chi connectivity index (χ0v) is 11.3. The fraction of sp³-hybridized carbons (Fsp3) is 0.733. The minimum atomic E-state index is -0.434. The van der Waals surface area contributed by atoms with Gasteiger partial charge in [-0.1, -0.05) is 32.1 Å². The van der Waals surface area contributed by atoms with Gasteiger partial charge in [-0.25, -0.2) is 9.36 Å². The SMILES string of the molecule is O=c1oc2c(c(=O)n1C1CCCCCCC1)CCC2. The summed E-state index contributed by atoms with van der Waals surface area (Å²) in [5, 5.41) is 0. The van der Waals surface area contributed by atoms with Crippen molar-refractivity contribution in [1.29, 1.82) is 0 Å². The van der Waals surface area contributed by atoms with E-state index in [0.717, 1.165) is 50.5 Å². The molecule has 4 heteroatoms. The highest BCUT2D eigenvalue weighted by Gasteiger charge is 2.24. The molecule has 1 aromatic rings. The van der Waals surface area contributed by atoms with Crippen molar-refractivity contribution in [2.24, 2.45) is 0 Å². The summed E-state index contributed by atoms with van der Waals surface area (Å²) in [6.07, 6.45) is 10.2. The number of aromatic nitrogens is 1. The summed E-state index contributed by atoms with van der Waals surface area (Å²) in [6, 6.07) is 0.0509. The molecule has 0 amide bonds. The second-order valence-corrected chi connectivity index (χ2v) is 5.80. The van der Waals surface area contributed by atoms with E-state index in [-0.39, 0.29) is 11.6 Å². The quantitative estimate of drug-likeness (QED) is 0.782. The summed E-state index contributed by atoms with van der Waals surface area (Å²) < 4.78 is 6.78. The van der Waals surface area contributed by atoms with E-state index in [4.69, 9.17) is 4.42 Å². The molecule has 19 heavy (non-hydrogen) atoms. The van der Waals surface area contributed by atoms with Gasteiger partial charge in [0.2, 0.25) is 0 Å². The summed E-state index contributed by atoms with van der Waals surface area (Å²) in [7, 11) is 0. The third kappa shape index (κ3) is 2.40. The standard InChI is InChI=1S/C15H21NO3/c17-14-12-9-6-10-13(12)19-15(18)16(14)11-7-4-2-1-3-5-8-11/h11H,1-10H2. The minimum absolute atomic E-state index is 0.0509. The van der Waals surface area contributed by atoms with Gasteiger partial charge in [0.25, 0.3) is 5.56 Å². The molecule has 0 saturated heterocycles. The maximum atomic E-state index is 12.5. The maximum Gasteiger partial charge on any atom is 0.422 e. The molecule has 0 atom stereocenters. The molecule has 4 nitrogen and oxygen atoms in total. The lowest BCUT2D eigenvalue weighted by atomic mass is 9.96. The zero-order valence-electron chi connectivity index (χ0n) is 11.3. The molecule has 0 aromatic carbocycles. The number of hydrogen-bond acceptors (Lipinski definition) is 3. The Morgan fingerprint density at radius 2 is 1.58 bits per heavy atom. The predicted molar refractivity (Wildman–Crippen MR) is 72.6 cm³/mol. The largest absolute Gasteiger partial charge is 0.422 e. The van der Waals surface area contributed by atoms with Crippen LogP contribution in [0, 0.1) is 0 Å². The highest BCUT2D eigenvalue weighted by Crippen LogP contribution is 2.25. The average molecular weight is 263 g/mol. The predicted octanol–water partition coefficient (Wildman–Crippen LogP) is 2.58. The van der Waals surface area contributed by atoms with Gasteiger partial charge in [0, 0.05) is 12.5 Å². The van der Waals surface area contributed by atoms with E-state index in [1.54, 1.807) is 0 Å². The van der Waals surface area contributed by atoms with Gasteiger partial charge in [-0.3, -0.25) is 4.79 Å². The monoisotopic (exact) mass is 263 g/mol. The Hall–Kier alpha value is -1.32. The Balaban J connectivity index is 1.99. The van der Waals surface area contributed by atoms with E-state index < -0.39 is 5.76 Å². The van der Waals surface area contributed by atoms with Crippen LogP contribution < -0.4 is 11.3 Å². The third-order valence-electron chi connectivity index (χ3n) is 4.49. The van der Waals surface area contributed by atoms with Crippen molar-refractivity contribution < 1.29 is 4.42 Å². The first-order chi connectivity index (χ1) is 9.27. The molecular formula is C15H21NO3. The average Bonchev–Trinajstić information content (AvgIpc) is 2.79. The molecule has 1 saturated carbocycles. The van der Waals surface area contributed by atoms with Crippen molar-refractivity contribution >= 4 is 0 Å². The second-order valence-electron chi connectivity index (χ2n) is 5.80. The molecule has 1 fully saturated rings. The van der Waals surface area contributed by atoms with Gasteiger partial charge < -0.3 is 4.42 Å². The first-order valence-electron chi connectivity index (χ1n) is 7.55. The van der Waals surface area contributed by atoms with Gasteiger partial charge in [0.15, 0.2) is 0 Å². The molecule has 1 aromatic heterocycles. The summed E-state index contributed by atoms with van der Waals surface area (Å²) in [5.74, 6) is 0.202. The Kier molecular flexibility index (Phi) is 3.58. The molecule has 0 unspecified atom stereocenters. The lowest BCUT2D eigenvalue weighted by molar-refractivity contribution is 0.305. The molecule has 0 radical (unpaired) electrons. The van der Waals surface area contributed by atoms with E-state index >= 15 is 0 Å². The van der Waals surface area contributed by atoms with Gasteiger partial charge in [-0.2, -0.15) is 0 Å². The first-order valence-corrected chi connectivity index (χ1v) is 7.55. The molecule has 0 aliphatic heterocycles. The molecule has 104 valence electrons. The summed E-state index contributed by atoms with van der Waals surface area (Å²) in [6.45, 7) is 0. The van der Waals surface area contributed by atoms with Crippen molar-refractivity contribution in [1.82, 2.24) is 4.57 Å². The zero-order chi connectivity index (χ0) is 13.2. The summed E-state index contributed by atoms with van der Waals surface area (Å²) in [5.41, 5.74) is 0.677. The van der Waals surface area contributed by atoms with Crippen LogP contribution in [-0.4, -0.2) is 4.57 Å².